The number of nitrogens with one attached hydrogen (secondary N) is 1. The van der Waals surface area contributed by atoms with E-state index in [4.69, 9.17) is 4.74 Å². The van der Waals surface area contributed by atoms with Crippen molar-refractivity contribution >= 4 is 0 Å². The summed E-state index contributed by atoms with van der Waals surface area (Å²) in [6.07, 6.45) is 12.8. The van der Waals surface area contributed by atoms with Crippen molar-refractivity contribution < 1.29 is 4.74 Å². The van der Waals surface area contributed by atoms with Crippen LogP contribution in [0.5, 0.6) is 0 Å². The smallest absolute Gasteiger partial charge is 0.109 e. The van der Waals surface area contributed by atoms with Gasteiger partial charge in [-0.1, -0.05) is 33.6 Å². The zero-order chi connectivity index (χ0) is 14.4. The van der Waals surface area contributed by atoms with Gasteiger partial charge in [-0.2, -0.15) is 0 Å². The van der Waals surface area contributed by atoms with Gasteiger partial charge in [-0.15, -0.1) is 0 Å². The van der Waals surface area contributed by atoms with E-state index in [0.29, 0.717) is 11.5 Å². The van der Waals surface area contributed by atoms with Gasteiger partial charge < -0.3 is 10.1 Å². The van der Waals surface area contributed by atoms with E-state index in [0.717, 1.165) is 19.1 Å². The molecule has 116 valence electrons. The van der Waals surface area contributed by atoms with E-state index in [1.807, 2.05) is 0 Å². The molecule has 0 bridgehead atoms. The average Bonchev–Trinajstić information content (AvgIpc) is 2.89. The Balaban J connectivity index is 2.19. The van der Waals surface area contributed by atoms with Gasteiger partial charge in [0.05, 0.1) is 12.6 Å². The molecule has 1 aliphatic heterocycles. The molecule has 1 N–H and O–H groups in total. The van der Waals surface area contributed by atoms with Crippen molar-refractivity contribution in [1.82, 2.24) is 5.32 Å². The molecule has 20 heavy (non-hydrogen) atoms. The van der Waals surface area contributed by atoms with Gasteiger partial charge >= 0.3 is 0 Å². The second-order valence-electron chi connectivity index (χ2n) is 7.15. The standard InChI is InChI=1S/C18H33NO/c1-4-12-19-17(16-9-5-8-13-20-16)18(14-15(2)3)10-6-7-11-18/h9,15,17,19H,4-8,10-14H2,1-3H3. The lowest BCUT2D eigenvalue weighted by Gasteiger charge is -2.41. The van der Waals surface area contributed by atoms with Crippen molar-refractivity contribution in [2.75, 3.05) is 13.2 Å². The second kappa shape index (κ2) is 7.49. The largest absolute Gasteiger partial charge is 0.497 e. The molecule has 1 aliphatic carbocycles. The van der Waals surface area contributed by atoms with Crippen molar-refractivity contribution in [1.29, 1.82) is 0 Å². The third-order valence-electron chi connectivity index (χ3n) is 4.87. The maximum atomic E-state index is 6.05. The van der Waals surface area contributed by atoms with Crippen LogP contribution in [0.15, 0.2) is 11.8 Å². The number of ether oxygens (including phenoxy) is 1. The molecule has 0 spiro atoms. The molecule has 2 heteroatoms. The van der Waals surface area contributed by atoms with Gasteiger partial charge in [0.25, 0.3) is 0 Å². The predicted octanol–water partition coefficient (Wildman–Crippen LogP) is 4.66. The van der Waals surface area contributed by atoms with E-state index in [1.165, 1.54) is 57.1 Å². The van der Waals surface area contributed by atoms with Gasteiger partial charge in [0, 0.05) is 0 Å². The molecule has 1 saturated carbocycles. The lowest BCUT2D eigenvalue weighted by Crippen LogP contribution is -2.47. The summed E-state index contributed by atoms with van der Waals surface area (Å²) in [6, 6.07) is 0.452. The summed E-state index contributed by atoms with van der Waals surface area (Å²) in [4.78, 5) is 0. The topological polar surface area (TPSA) is 21.3 Å². The third-order valence-corrected chi connectivity index (χ3v) is 4.87. The maximum Gasteiger partial charge on any atom is 0.109 e. The number of allylic oxidation sites excluding steroid dienone is 1. The molecular weight excluding hydrogens is 246 g/mol. The molecule has 1 fully saturated rings. The summed E-state index contributed by atoms with van der Waals surface area (Å²) in [5.41, 5.74) is 0.437. The Morgan fingerprint density at radius 1 is 1.25 bits per heavy atom. The van der Waals surface area contributed by atoms with Crippen LogP contribution in [0.1, 0.15) is 72.1 Å². The molecule has 2 nitrogen and oxygen atoms in total. The molecule has 2 rings (SSSR count). The highest BCUT2D eigenvalue weighted by Gasteiger charge is 2.43. The fourth-order valence-electron chi connectivity index (χ4n) is 4.19. The summed E-state index contributed by atoms with van der Waals surface area (Å²) in [5, 5.41) is 3.83. The van der Waals surface area contributed by atoms with Crippen molar-refractivity contribution in [2.24, 2.45) is 11.3 Å². The highest BCUT2D eigenvalue weighted by atomic mass is 16.5. The van der Waals surface area contributed by atoms with Crippen LogP contribution < -0.4 is 5.32 Å². The molecule has 0 aromatic rings. The summed E-state index contributed by atoms with van der Waals surface area (Å²) in [5.74, 6) is 2.02. The molecule has 1 unspecified atom stereocenters. The Morgan fingerprint density at radius 3 is 2.55 bits per heavy atom. The molecule has 0 aromatic carbocycles. The molecular formula is C18H33NO. The normalized spacial score (nSPS) is 23.5. The van der Waals surface area contributed by atoms with E-state index in [-0.39, 0.29) is 0 Å². The quantitative estimate of drug-likeness (QED) is 0.732. The highest BCUT2D eigenvalue weighted by molar-refractivity contribution is 5.13. The van der Waals surface area contributed by atoms with Gasteiger partial charge in [0.2, 0.25) is 0 Å². The number of hydrogen-bond acceptors (Lipinski definition) is 2. The molecule has 0 radical (unpaired) electrons. The molecule has 1 atom stereocenters. The highest BCUT2D eigenvalue weighted by Crippen LogP contribution is 2.48. The number of rotatable bonds is 7. The lowest BCUT2D eigenvalue weighted by molar-refractivity contribution is 0.0951. The van der Waals surface area contributed by atoms with Crippen molar-refractivity contribution in [3.63, 3.8) is 0 Å². The zero-order valence-corrected chi connectivity index (χ0v) is 13.7. The van der Waals surface area contributed by atoms with Gasteiger partial charge in [0.15, 0.2) is 0 Å². The fraction of sp³-hybridized carbons (Fsp3) is 0.889. The van der Waals surface area contributed by atoms with Crippen molar-refractivity contribution in [2.45, 2.75) is 78.2 Å². The Kier molecular flexibility index (Phi) is 5.95. The first-order chi connectivity index (χ1) is 9.68. The van der Waals surface area contributed by atoms with Crippen LogP contribution in [0, 0.1) is 11.3 Å². The van der Waals surface area contributed by atoms with Crippen LogP contribution in [0.25, 0.3) is 0 Å². The minimum absolute atomic E-state index is 0.437. The zero-order valence-electron chi connectivity index (χ0n) is 13.7. The van der Waals surface area contributed by atoms with Gasteiger partial charge in [-0.3, -0.25) is 0 Å². The van der Waals surface area contributed by atoms with Crippen LogP contribution >= 0.6 is 0 Å². The molecule has 0 saturated heterocycles. The van der Waals surface area contributed by atoms with Crippen LogP contribution in [0.4, 0.5) is 0 Å². The van der Waals surface area contributed by atoms with Gasteiger partial charge in [-0.25, -0.2) is 0 Å². The first-order valence-corrected chi connectivity index (χ1v) is 8.74. The van der Waals surface area contributed by atoms with E-state index >= 15 is 0 Å². The van der Waals surface area contributed by atoms with E-state index in [1.54, 1.807) is 0 Å². The lowest BCUT2D eigenvalue weighted by atomic mass is 9.71. The molecule has 2 aliphatic rings. The summed E-state index contributed by atoms with van der Waals surface area (Å²) in [6.45, 7) is 9.00. The Hall–Kier alpha value is -0.500. The summed E-state index contributed by atoms with van der Waals surface area (Å²) < 4.78 is 6.05. The average molecular weight is 279 g/mol. The van der Waals surface area contributed by atoms with Crippen molar-refractivity contribution in [3.05, 3.63) is 11.8 Å². The predicted molar refractivity (Wildman–Crippen MR) is 85.7 cm³/mol. The monoisotopic (exact) mass is 279 g/mol. The second-order valence-corrected chi connectivity index (χ2v) is 7.15. The van der Waals surface area contributed by atoms with E-state index in [9.17, 15) is 0 Å². The van der Waals surface area contributed by atoms with Crippen LogP contribution in [-0.4, -0.2) is 19.2 Å². The Morgan fingerprint density at radius 2 is 2.00 bits per heavy atom. The minimum Gasteiger partial charge on any atom is -0.497 e. The van der Waals surface area contributed by atoms with Crippen molar-refractivity contribution in [3.8, 4) is 0 Å². The van der Waals surface area contributed by atoms with Crippen LogP contribution in [0.2, 0.25) is 0 Å². The van der Waals surface area contributed by atoms with E-state index in [2.05, 4.69) is 32.2 Å². The SMILES string of the molecule is CCCNC(C1=CCCCO1)C1(CC(C)C)CCCC1. The Bertz CT molecular complexity index is 315. The summed E-state index contributed by atoms with van der Waals surface area (Å²) in [7, 11) is 0. The first-order valence-electron chi connectivity index (χ1n) is 8.74. The third kappa shape index (κ3) is 3.78. The molecule has 0 aromatic heterocycles. The van der Waals surface area contributed by atoms with Gasteiger partial charge in [-0.05, 0) is 62.5 Å². The molecule has 1 heterocycles. The van der Waals surface area contributed by atoms with Crippen LogP contribution in [-0.2, 0) is 4.74 Å². The molecule has 0 amide bonds. The van der Waals surface area contributed by atoms with E-state index < -0.39 is 0 Å². The van der Waals surface area contributed by atoms with Gasteiger partial charge in [0.1, 0.15) is 5.76 Å². The Labute approximate surface area is 125 Å². The fourth-order valence-corrected chi connectivity index (χ4v) is 4.19. The minimum atomic E-state index is 0.437. The first kappa shape index (κ1) is 15.9. The number of hydrogen-bond donors (Lipinski definition) is 1. The summed E-state index contributed by atoms with van der Waals surface area (Å²) >= 11 is 0. The van der Waals surface area contributed by atoms with Crippen LogP contribution in [0.3, 0.4) is 0 Å². The maximum absolute atomic E-state index is 6.05.